The smallest absolute Gasteiger partial charge is 0.233 e. The summed E-state index contributed by atoms with van der Waals surface area (Å²) in [6.07, 6.45) is 3.64. The van der Waals surface area contributed by atoms with E-state index in [1.807, 2.05) is 23.1 Å². The summed E-state index contributed by atoms with van der Waals surface area (Å²) in [5.74, 6) is 1.96. The van der Waals surface area contributed by atoms with Crippen LogP contribution in [0.3, 0.4) is 0 Å². The molecular formula is C19H24N4O3S2. The second kappa shape index (κ2) is 9.79. The van der Waals surface area contributed by atoms with E-state index in [-0.39, 0.29) is 11.9 Å². The fourth-order valence-electron chi connectivity index (χ4n) is 3.19. The number of rotatable bonds is 9. The van der Waals surface area contributed by atoms with Crippen LogP contribution in [0.25, 0.3) is 0 Å². The van der Waals surface area contributed by atoms with Gasteiger partial charge in [0.1, 0.15) is 11.5 Å². The molecule has 1 aromatic heterocycles. The molecule has 0 spiro atoms. The van der Waals surface area contributed by atoms with Gasteiger partial charge in [-0.25, -0.2) is 0 Å². The highest BCUT2D eigenvalue weighted by Gasteiger charge is 2.32. The number of carbonyl (C=O) groups is 1. The molecule has 0 unspecified atom stereocenters. The van der Waals surface area contributed by atoms with Crippen LogP contribution < -0.4 is 14.8 Å². The molecule has 1 atom stereocenters. The zero-order valence-corrected chi connectivity index (χ0v) is 17.6. The van der Waals surface area contributed by atoms with Gasteiger partial charge < -0.3 is 19.7 Å². The Hall–Kier alpha value is -2.26. The van der Waals surface area contributed by atoms with Gasteiger partial charge in [-0.15, -0.1) is 16.8 Å². The molecule has 2 heterocycles. The van der Waals surface area contributed by atoms with Crippen LogP contribution in [0.4, 0.5) is 5.13 Å². The predicted molar refractivity (Wildman–Crippen MR) is 113 cm³/mol. The molecule has 150 valence electrons. The number of carbonyl (C=O) groups excluding carboxylic acids is 1. The van der Waals surface area contributed by atoms with E-state index in [0.29, 0.717) is 12.3 Å². The van der Waals surface area contributed by atoms with Crippen LogP contribution in [-0.2, 0) is 4.79 Å². The molecule has 1 aromatic carbocycles. The standard InChI is InChI=1S/C19H24N4O3S2/c1-4-9-20-18-21-22-19(28-18)27-12-17(24)23-10-5-6-15(23)14-11-13(25-2)7-8-16(14)26-3/h4,7-8,11,15H,1,5-6,9-10,12H2,2-3H3,(H,20,21)/t15-/m1/s1. The third-order valence-corrected chi connectivity index (χ3v) is 6.49. The number of hydrogen-bond donors (Lipinski definition) is 1. The van der Waals surface area contributed by atoms with Gasteiger partial charge in [0.2, 0.25) is 11.0 Å². The maximum Gasteiger partial charge on any atom is 0.233 e. The largest absolute Gasteiger partial charge is 0.497 e. The minimum atomic E-state index is -0.00242. The molecule has 7 nitrogen and oxygen atoms in total. The summed E-state index contributed by atoms with van der Waals surface area (Å²) in [4.78, 5) is 14.8. The molecule has 1 fully saturated rings. The number of benzene rings is 1. The Morgan fingerprint density at radius 3 is 3.04 bits per heavy atom. The van der Waals surface area contributed by atoms with E-state index in [2.05, 4.69) is 22.1 Å². The second-order valence-electron chi connectivity index (χ2n) is 6.18. The van der Waals surface area contributed by atoms with Gasteiger partial charge in [0, 0.05) is 18.7 Å². The number of methoxy groups -OCH3 is 2. The third-order valence-electron chi connectivity index (χ3n) is 4.49. The van der Waals surface area contributed by atoms with Crippen molar-refractivity contribution in [3.05, 3.63) is 36.4 Å². The zero-order valence-electron chi connectivity index (χ0n) is 16.0. The Kier molecular flexibility index (Phi) is 7.16. The van der Waals surface area contributed by atoms with Crippen molar-refractivity contribution in [2.24, 2.45) is 0 Å². The van der Waals surface area contributed by atoms with Crippen molar-refractivity contribution in [1.29, 1.82) is 0 Å². The normalized spacial score (nSPS) is 16.1. The van der Waals surface area contributed by atoms with Crippen LogP contribution >= 0.6 is 23.1 Å². The van der Waals surface area contributed by atoms with Gasteiger partial charge >= 0.3 is 0 Å². The molecule has 28 heavy (non-hydrogen) atoms. The number of likely N-dealkylation sites (tertiary alicyclic amines) is 1. The van der Waals surface area contributed by atoms with Gasteiger partial charge in [-0.3, -0.25) is 4.79 Å². The lowest BCUT2D eigenvalue weighted by Gasteiger charge is -2.26. The fourth-order valence-corrected chi connectivity index (χ4v) is 4.84. The first kappa shape index (κ1) is 20.5. The highest BCUT2D eigenvalue weighted by molar-refractivity contribution is 8.01. The highest BCUT2D eigenvalue weighted by atomic mass is 32.2. The first-order chi connectivity index (χ1) is 13.7. The number of nitrogens with zero attached hydrogens (tertiary/aromatic N) is 3. The third kappa shape index (κ3) is 4.77. The van der Waals surface area contributed by atoms with Crippen LogP contribution in [0.5, 0.6) is 11.5 Å². The summed E-state index contributed by atoms with van der Waals surface area (Å²) in [5.41, 5.74) is 0.990. The lowest BCUT2D eigenvalue weighted by Crippen LogP contribution is -2.32. The average Bonchev–Trinajstić information content (AvgIpc) is 3.39. The van der Waals surface area contributed by atoms with Crippen molar-refractivity contribution in [3.63, 3.8) is 0 Å². The SMILES string of the molecule is C=CCNc1nnc(SCC(=O)N2CCC[C@@H]2c2cc(OC)ccc2OC)s1. The predicted octanol–water partition coefficient (Wildman–Crippen LogP) is 3.61. The monoisotopic (exact) mass is 420 g/mol. The Morgan fingerprint density at radius 1 is 1.43 bits per heavy atom. The van der Waals surface area contributed by atoms with E-state index >= 15 is 0 Å². The molecule has 0 radical (unpaired) electrons. The van der Waals surface area contributed by atoms with Crippen LogP contribution in [0, 0.1) is 0 Å². The molecule has 2 aromatic rings. The Morgan fingerprint density at radius 2 is 2.29 bits per heavy atom. The van der Waals surface area contributed by atoms with Crippen molar-refractivity contribution in [3.8, 4) is 11.5 Å². The van der Waals surface area contributed by atoms with Crippen molar-refractivity contribution in [2.45, 2.75) is 23.2 Å². The maximum absolute atomic E-state index is 12.9. The van der Waals surface area contributed by atoms with Gasteiger partial charge in [0.05, 0.1) is 26.0 Å². The molecule has 0 aliphatic carbocycles. The lowest BCUT2D eigenvalue weighted by molar-refractivity contribution is -0.129. The van der Waals surface area contributed by atoms with Gasteiger partial charge in [-0.05, 0) is 31.0 Å². The Bertz CT molecular complexity index is 827. The number of nitrogens with one attached hydrogen (secondary N) is 1. The number of amides is 1. The quantitative estimate of drug-likeness (QED) is 0.490. The summed E-state index contributed by atoms with van der Waals surface area (Å²) in [6.45, 7) is 5.04. The van der Waals surface area contributed by atoms with E-state index in [4.69, 9.17) is 9.47 Å². The lowest BCUT2D eigenvalue weighted by atomic mass is 10.0. The summed E-state index contributed by atoms with van der Waals surface area (Å²) in [5, 5.41) is 12.0. The minimum absolute atomic E-state index is 0.00242. The molecule has 1 aliphatic heterocycles. The fraction of sp³-hybridized carbons (Fsp3) is 0.421. The molecule has 1 amide bonds. The molecular weight excluding hydrogens is 396 g/mol. The van der Waals surface area contributed by atoms with Gasteiger partial charge in [-0.1, -0.05) is 29.2 Å². The van der Waals surface area contributed by atoms with Crippen molar-refractivity contribution < 1.29 is 14.3 Å². The summed E-state index contributed by atoms with van der Waals surface area (Å²) in [7, 11) is 3.29. The first-order valence-electron chi connectivity index (χ1n) is 8.98. The van der Waals surface area contributed by atoms with Gasteiger partial charge in [0.15, 0.2) is 4.34 Å². The molecule has 9 heteroatoms. The molecule has 1 aliphatic rings. The van der Waals surface area contributed by atoms with Crippen LogP contribution in [0.15, 0.2) is 35.2 Å². The van der Waals surface area contributed by atoms with E-state index < -0.39 is 0 Å². The second-order valence-corrected chi connectivity index (χ2v) is 8.38. The first-order valence-corrected chi connectivity index (χ1v) is 10.8. The van der Waals surface area contributed by atoms with Crippen molar-refractivity contribution in [1.82, 2.24) is 15.1 Å². The average molecular weight is 421 g/mol. The number of aromatic nitrogens is 2. The molecule has 3 rings (SSSR count). The number of ether oxygens (including phenoxy) is 2. The topological polar surface area (TPSA) is 76.6 Å². The molecule has 1 N–H and O–H groups in total. The molecule has 0 saturated carbocycles. The number of anilines is 1. The number of thioether (sulfide) groups is 1. The summed E-state index contributed by atoms with van der Waals surface area (Å²) >= 11 is 2.86. The zero-order chi connectivity index (χ0) is 19.9. The van der Waals surface area contributed by atoms with E-state index in [9.17, 15) is 4.79 Å². The number of hydrogen-bond acceptors (Lipinski definition) is 8. The molecule has 1 saturated heterocycles. The van der Waals surface area contributed by atoms with Crippen LogP contribution in [-0.4, -0.2) is 54.1 Å². The highest BCUT2D eigenvalue weighted by Crippen LogP contribution is 2.39. The van der Waals surface area contributed by atoms with E-state index in [1.165, 1.54) is 23.1 Å². The van der Waals surface area contributed by atoms with Crippen molar-refractivity contribution >= 4 is 34.1 Å². The van der Waals surface area contributed by atoms with Crippen LogP contribution in [0.1, 0.15) is 24.4 Å². The van der Waals surface area contributed by atoms with E-state index in [1.54, 1.807) is 20.3 Å². The Balaban J connectivity index is 1.66. The molecule has 0 bridgehead atoms. The summed E-state index contributed by atoms with van der Waals surface area (Å²) in [6, 6.07) is 5.72. The van der Waals surface area contributed by atoms with E-state index in [0.717, 1.165) is 45.9 Å². The minimum Gasteiger partial charge on any atom is -0.497 e. The summed E-state index contributed by atoms with van der Waals surface area (Å²) < 4.78 is 11.6. The maximum atomic E-state index is 12.9. The van der Waals surface area contributed by atoms with Gasteiger partial charge in [0.25, 0.3) is 0 Å². The van der Waals surface area contributed by atoms with Gasteiger partial charge in [-0.2, -0.15) is 0 Å². The van der Waals surface area contributed by atoms with Crippen LogP contribution in [0.2, 0.25) is 0 Å². The Labute approximate surface area is 173 Å². The van der Waals surface area contributed by atoms with Crippen molar-refractivity contribution in [2.75, 3.05) is 38.4 Å².